The Morgan fingerprint density at radius 3 is 2.44 bits per heavy atom. The number of halogens is 2. The van der Waals surface area contributed by atoms with E-state index in [1.807, 2.05) is 11.0 Å². The molecule has 3 rings (SSSR count). The number of hydrogen-bond acceptors (Lipinski definition) is 3. The third kappa shape index (κ3) is 3.69. The van der Waals surface area contributed by atoms with Crippen molar-refractivity contribution in [1.29, 1.82) is 5.26 Å². The van der Waals surface area contributed by atoms with Gasteiger partial charge in [0.05, 0.1) is 11.3 Å². The molecule has 0 radical (unpaired) electrons. The van der Waals surface area contributed by atoms with Gasteiger partial charge in [-0.05, 0) is 24.3 Å². The number of carbonyl (C=O) groups is 1. The number of carbonyl (C=O) groups excluding carboxylic acids is 1. The van der Waals surface area contributed by atoms with E-state index in [-0.39, 0.29) is 6.03 Å². The number of amides is 2. The summed E-state index contributed by atoms with van der Waals surface area (Å²) >= 11 is 0. The van der Waals surface area contributed by atoms with Crippen LogP contribution in [0.4, 0.5) is 25.0 Å². The van der Waals surface area contributed by atoms with Crippen molar-refractivity contribution in [3.63, 3.8) is 0 Å². The van der Waals surface area contributed by atoms with Gasteiger partial charge in [0.1, 0.15) is 6.07 Å². The molecule has 128 valence electrons. The van der Waals surface area contributed by atoms with Crippen LogP contribution in [-0.4, -0.2) is 37.1 Å². The summed E-state index contributed by atoms with van der Waals surface area (Å²) in [5.74, 6) is -1.76. The smallest absolute Gasteiger partial charge is 0.322 e. The van der Waals surface area contributed by atoms with Crippen LogP contribution < -0.4 is 10.2 Å². The third-order valence-corrected chi connectivity index (χ3v) is 4.12. The van der Waals surface area contributed by atoms with Crippen molar-refractivity contribution in [2.24, 2.45) is 0 Å². The third-order valence-electron chi connectivity index (χ3n) is 4.12. The van der Waals surface area contributed by atoms with E-state index in [9.17, 15) is 13.6 Å². The maximum absolute atomic E-state index is 13.4. The fraction of sp³-hybridized carbons (Fsp3) is 0.222. The Balaban J connectivity index is 1.61. The predicted molar refractivity (Wildman–Crippen MR) is 90.3 cm³/mol. The van der Waals surface area contributed by atoms with Crippen LogP contribution in [0.5, 0.6) is 0 Å². The highest BCUT2D eigenvalue weighted by molar-refractivity contribution is 5.91. The van der Waals surface area contributed by atoms with Crippen LogP contribution in [0.25, 0.3) is 0 Å². The molecule has 1 saturated heterocycles. The monoisotopic (exact) mass is 342 g/mol. The highest BCUT2D eigenvalue weighted by atomic mass is 19.2. The Morgan fingerprint density at radius 2 is 1.76 bits per heavy atom. The van der Waals surface area contributed by atoms with Crippen molar-refractivity contribution >= 4 is 17.4 Å². The summed E-state index contributed by atoms with van der Waals surface area (Å²) in [6.45, 7) is 1.91. The van der Waals surface area contributed by atoms with Crippen LogP contribution in [0.2, 0.25) is 0 Å². The van der Waals surface area contributed by atoms with Gasteiger partial charge in [0, 0.05) is 37.9 Å². The van der Waals surface area contributed by atoms with Gasteiger partial charge in [0.25, 0.3) is 0 Å². The minimum absolute atomic E-state index is 0.285. The molecule has 1 aliphatic rings. The second-order valence-corrected chi connectivity index (χ2v) is 5.66. The number of hydrogen-bond donors (Lipinski definition) is 1. The van der Waals surface area contributed by atoms with Crippen molar-refractivity contribution in [3.8, 4) is 6.07 Å². The Labute approximate surface area is 144 Å². The predicted octanol–water partition coefficient (Wildman–Crippen LogP) is 3.19. The van der Waals surface area contributed by atoms with Crippen LogP contribution in [-0.2, 0) is 0 Å². The fourth-order valence-corrected chi connectivity index (χ4v) is 2.73. The number of rotatable bonds is 2. The number of benzene rings is 2. The van der Waals surface area contributed by atoms with Crippen molar-refractivity contribution in [2.75, 3.05) is 36.4 Å². The lowest BCUT2D eigenvalue weighted by Gasteiger charge is -2.36. The Hall–Kier alpha value is -3.14. The molecule has 1 heterocycles. The molecule has 25 heavy (non-hydrogen) atoms. The molecule has 0 aromatic heterocycles. The van der Waals surface area contributed by atoms with Crippen molar-refractivity contribution in [2.45, 2.75) is 0 Å². The number of nitrogens with one attached hydrogen (secondary N) is 1. The number of nitriles is 1. The second kappa shape index (κ2) is 7.18. The Kier molecular flexibility index (Phi) is 4.80. The lowest BCUT2D eigenvalue weighted by Crippen LogP contribution is -2.50. The first-order valence-corrected chi connectivity index (χ1v) is 7.83. The van der Waals surface area contributed by atoms with E-state index < -0.39 is 11.6 Å². The lowest BCUT2D eigenvalue weighted by atomic mass is 10.2. The molecule has 5 nitrogen and oxygen atoms in total. The average Bonchev–Trinajstić information content (AvgIpc) is 2.64. The van der Waals surface area contributed by atoms with Gasteiger partial charge < -0.3 is 15.1 Å². The van der Waals surface area contributed by atoms with E-state index in [1.54, 1.807) is 29.2 Å². The first-order chi connectivity index (χ1) is 12.1. The molecule has 2 amide bonds. The molecule has 2 aromatic rings. The average molecular weight is 342 g/mol. The molecule has 0 saturated carbocycles. The van der Waals surface area contributed by atoms with Gasteiger partial charge in [-0.25, -0.2) is 13.6 Å². The summed E-state index contributed by atoms with van der Waals surface area (Å²) in [5, 5.41) is 11.8. The van der Waals surface area contributed by atoms with E-state index in [0.717, 1.165) is 12.1 Å². The molecule has 0 spiro atoms. The molecule has 0 bridgehead atoms. The van der Waals surface area contributed by atoms with E-state index >= 15 is 0 Å². The highest BCUT2D eigenvalue weighted by Crippen LogP contribution is 2.20. The van der Waals surface area contributed by atoms with Crippen molar-refractivity contribution < 1.29 is 13.6 Å². The number of anilines is 2. The molecule has 2 aromatic carbocycles. The summed E-state index contributed by atoms with van der Waals surface area (Å²) in [5.41, 5.74) is 1.46. The van der Waals surface area contributed by atoms with Gasteiger partial charge in [0.15, 0.2) is 11.6 Å². The Morgan fingerprint density at radius 1 is 1.04 bits per heavy atom. The number of urea groups is 1. The van der Waals surface area contributed by atoms with Gasteiger partial charge in [-0.1, -0.05) is 12.1 Å². The minimum Gasteiger partial charge on any atom is -0.368 e. The van der Waals surface area contributed by atoms with Gasteiger partial charge in [0.2, 0.25) is 0 Å². The van der Waals surface area contributed by atoms with Crippen molar-refractivity contribution in [1.82, 2.24) is 4.90 Å². The zero-order valence-electron chi connectivity index (χ0n) is 13.4. The van der Waals surface area contributed by atoms with Gasteiger partial charge in [-0.3, -0.25) is 0 Å². The van der Waals surface area contributed by atoms with Gasteiger partial charge >= 0.3 is 6.03 Å². The SMILES string of the molecule is N#Cc1ccccc1NC(=O)N1CCN(c2ccc(F)c(F)c2)CC1. The highest BCUT2D eigenvalue weighted by Gasteiger charge is 2.22. The topological polar surface area (TPSA) is 59.4 Å². The zero-order chi connectivity index (χ0) is 17.8. The lowest BCUT2D eigenvalue weighted by molar-refractivity contribution is 0.208. The maximum Gasteiger partial charge on any atom is 0.322 e. The number of nitrogens with zero attached hydrogens (tertiary/aromatic N) is 3. The summed E-state index contributed by atoms with van der Waals surface area (Å²) in [7, 11) is 0. The molecule has 7 heteroatoms. The molecular weight excluding hydrogens is 326 g/mol. The quantitative estimate of drug-likeness (QED) is 0.912. The molecular formula is C18H16F2N4O. The van der Waals surface area contributed by atoms with Gasteiger partial charge in [-0.2, -0.15) is 5.26 Å². The Bertz CT molecular complexity index is 826. The number of piperazine rings is 1. The normalized spacial score (nSPS) is 14.1. The van der Waals surface area contributed by atoms with Crippen LogP contribution >= 0.6 is 0 Å². The zero-order valence-corrected chi connectivity index (χ0v) is 13.4. The van der Waals surface area contributed by atoms with Crippen LogP contribution in [0.15, 0.2) is 42.5 Å². The van der Waals surface area contributed by atoms with Crippen LogP contribution in [0, 0.1) is 23.0 Å². The van der Waals surface area contributed by atoms with E-state index in [0.29, 0.717) is 43.1 Å². The summed E-state index contributed by atoms with van der Waals surface area (Å²) in [4.78, 5) is 15.9. The largest absolute Gasteiger partial charge is 0.368 e. The molecule has 1 fully saturated rings. The van der Waals surface area contributed by atoms with Crippen LogP contribution in [0.1, 0.15) is 5.56 Å². The van der Waals surface area contributed by atoms with Gasteiger partial charge in [-0.15, -0.1) is 0 Å². The first kappa shape index (κ1) is 16.7. The van der Waals surface area contributed by atoms with E-state index in [4.69, 9.17) is 5.26 Å². The van der Waals surface area contributed by atoms with E-state index in [2.05, 4.69) is 5.32 Å². The van der Waals surface area contributed by atoms with Crippen molar-refractivity contribution in [3.05, 3.63) is 59.7 Å². The molecule has 0 atom stereocenters. The second-order valence-electron chi connectivity index (χ2n) is 5.66. The summed E-state index contributed by atoms with van der Waals surface area (Å²) < 4.78 is 26.4. The molecule has 1 aliphatic heterocycles. The maximum atomic E-state index is 13.4. The first-order valence-electron chi connectivity index (χ1n) is 7.83. The number of para-hydroxylation sites is 1. The summed E-state index contributed by atoms with van der Waals surface area (Å²) in [6, 6.07) is 12.3. The van der Waals surface area contributed by atoms with E-state index in [1.165, 1.54) is 6.07 Å². The standard InChI is InChI=1S/C18H16F2N4O/c19-15-6-5-14(11-16(15)20)23-7-9-24(10-8-23)18(25)22-17-4-2-1-3-13(17)12-21/h1-6,11H,7-10H2,(H,22,25). The molecule has 1 N–H and O–H groups in total. The van der Waals surface area contributed by atoms with Crippen LogP contribution in [0.3, 0.4) is 0 Å². The fourth-order valence-electron chi connectivity index (χ4n) is 2.73. The molecule has 0 aliphatic carbocycles. The molecule has 0 unspecified atom stereocenters. The minimum atomic E-state index is -0.884. The summed E-state index contributed by atoms with van der Waals surface area (Å²) in [6.07, 6.45) is 0.